The number of nitrogens with zero attached hydrogens (tertiary/aromatic N) is 3. The number of ether oxygens (including phenoxy) is 1. The molecule has 3 fully saturated rings. The van der Waals surface area contributed by atoms with E-state index in [9.17, 15) is 13.2 Å². The average Bonchev–Trinajstić information content (AvgIpc) is 3.52. The average molecular weight is 533 g/mol. The molecule has 0 unspecified atom stereocenters. The minimum atomic E-state index is -2.97. The van der Waals surface area contributed by atoms with Crippen LogP contribution in [0.2, 0.25) is 5.15 Å². The van der Waals surface area contributed by atoms with E-state index >= 15 is 0 Å². The van der Waals surface area contributed by atoms with Gasteiger partial charge in [-0.1, -0.05) is 11.6 Å². The van der Waals surface area contributed by atoms with Crippen molar-refractivity contribution in [3.8, 4) is 0 Å². The van der Waals surface area contributed by atoms with Crippen molar-refractivity contribution < 1.29 is 17.9 Å². The fraction of sp³-hybridized carbons (Fsp3) is 0.571. The van der Waals surface area contributed by atoms with Crippen LogP contribution in [0.1, 0.15) is 31.5 Å². The Morgan fingerprint density at radius 2 is 1.94 bits per heavy atom. The van der Waals surface area contributed by atoms with Crippen molar-refractivity contribution in [3.05, 3.63) is 23.2 Å². The summed E-state index contributed by atoms with van der Waals surface area (Å²) in [7, 11) is 0. The molecule has 2 saturated heterocycles. The summed E-state index contributed by atoms with van der Waals surface area (Å²) in [5.41, 5.74) is 1.15. The standard InChI is InChI=1S/C21H24ClF3N6OS2/c22-15-14-13(30-5-3-20(4-6-30)10-32-11-20)7-12(34-29-21(9-23)1-2-21)8-31(14)19(28-15)18(27)33-17(26)16(24)25/h7-8,16,26-27,29H,1-6,9-11H2. The number of rotatable bonds is 7. The molecule has 5 rings (SSSR count). The van der Waals surface area contributed by atoms with Crippen molar-refractivity contribution >= 4 is 56.6 Å². The monoisotopic (exact) mass is 532 g/mol. The predicted octanol–water partition coefficient (Wildman–Crippen LogP) is 5.00. The first-order valence-electron chi connectivity index (χ1n) is 10.9. The van der Waals surface area contributed by atoms with Crippen LogP contribution in [0.5, 0.6) is 0 Å². The minimum absolute atomic E-state index is 0.0894. The molecule has 0 aromatic carbocycles. The van der Waals surface area contributed by atoms with E-state index < -0.39 is 23.7 Å². The lowest BCUT2D eigenvalue weighted by Crippen LogP contribution is -2.51. The molecule has 3 aliphatic rings. The largest absolute Gasteiger partial charge is 0.380 e. The van der Waals surface area contributed by atoms with Crippen LogP contribution in [0.15, 0.2) is 17.2 Å². The zero-order chi connectivity index (χ0) is 24.1. The summed E-state index contributed by atoms with van der Waals surface area (Å²) in [6.45, 7) is 2.71. The highest BCUT2D eigenvalue weighted by atomic mass is 35.5. The summed E-state index contributed by atoms with van der Waals surface area (Å²) >= 11 is 8.17. The predicted molar refractivity (Wildman–Crippen MR) is 130 cm³/mol. The fourth-order valence-electron chi connectivity index (χ4n) is 4.27. The van der Waals surface area contributed by atoms with Crippen LogP contribution in [-0.2, 0) is 4.74 Å². The van der Waals surface area contributed by atoms with Crippen LogP contribution in [0.25, 0.3) is 5.52 Å². The molecule has 1 saturated carbocycles. The number of imidazole rings is 1. The van der Waals surface area contributed by atoms with Crippen molar-refractivity contribution in [2.24, 2.45) is 5.41 Å². The molecule has 1 aliphatic carbocycles. The van der Waals surface area contributed by atoms with E-state index in [1.54, 1.807) is 10.6 Å². The maximum Gasteiger partial charge on any atom is 0.285 e. The van der Waals surface area contributed by atoms with Crippen LogP contribution < -0.4 is 9.62 Å². The van der Waals surface area contributed by atoms with Crippen molar-refractivity contribution in [1.29, 1.82) is 10.8 Å². The Morgan fingerprint density at radius 1 is 1.24 bits per heavy atom. The Labute approximate surface area is 208 Å². The maximum absolute atomic E-state index is 13.4. The highest BCUT2D eigenvalue weighted by molar-refractivity contribution is 8.26. The number of anilines is 1. The molecule has 0 amide bonds. The number of alkyl halides is 3. The SMILES string of the molecule is N=C(SC(=N)C(F)F)c1nc(Cl)c2c(N3CCC4(CC3)COC4)cc(SNC3(CF)CC3)cn12. The Hall–Kier alpha value is -1.47. The third-order valence-corrected chi connectivity index (χ3v) is 8.78. The molecule has 184 valence electrons. The van der Waals surface area contributed by atoms with Gasteiger partial charge in [-0.2, -0.15) is 0 Å². The number of halogens is 4. The maximum atomic E-state index is 13.4. The second kappa shape index (κ2) is 9.20. The van der Waals surface area contributed by atoms with Crippen LogP contribution in [0.4, 0.5) is 18.9 Å². The minimum Gasteiger partial charge on any atom is -0.380 e. The van der Waals surface area contributed by atoms with E-state index in [-0.39, 0.29) is 21.4 Å². The third-order valence-electron chi connectivity index (χ3n) is 6.74. The first-order chi connectivity index (χ1) is 16.2. The molecule has 2 aromatic rings. The number of hydrogen-bond acceptors (Lipinski definition) is 8. The lowest BCUT2D eigenvalue weighted by Gasteiger charge is -2.48. The van der Waals surface area contributed by atoms with Gasteiger partial charge in [0.25, 0.3) is 6.43 Å². The molecule has 0 bridgehead atoms. The summed E-state index contributed by atoms with van der Waals surface area (Å²) in [6.07, 6.45) is 2.25. The van der Waals surface area contributed by atoms with E-state index in [2.05, 4.69) is 14.6 Å². The Morgan fingerprint density at radius 3 is 2.50 bits per heavy atom. The zero-order valence-electron chi connectivity index (χ0n) is 18.2. The highest BCUT2D eigenvalue weighted by Gasteiger charge is 2.43. The summed E-state index contributed by atoms with van der Waals surface area (Å²) in [5.74, 6) is 0.0894. The third kappa shape index (κ3) is 4.55. The van der Waals surface area contributed by atoms with Gasteiger partial charge in [0.1, 0.15) is 22.3 Å². The van der Waals surface area contributed by atoms with E-state index in [0.717, 1.165) is 62.6 Å². The summed E-state index contributed by atoms with van der Waals surface area (Å²) in [5, 5.41) is 14.7. The van der Waals surface area contributed by atoms with Gasteiger partial charge in [0.2, 0.25) is 0 Å². The first-order valence-corrected chi connectivity index (χ1v) is 12.9. The topological polar surface area (TPSA) is 89.5 Å². The molecule has 7 nitrogen and oxygen atoms in total. The van der Waals surface area contributed by atoms with Crippen LogP contribution in [-0.4, -0.2) is 64.4 Å². The Balaban J connectivity index is 1.50. The molecular weight excluding hydrogens is 509 g/mol. The van der Waals surface area contributed by atoms with Gasteiger partial charge in [-0.3, -0.25) is 19.9 Å². The molecule has 3 N–H and O–H groups in total. The molecule has 4 heterocycles. The van der Waals surface area contributed by atoms with Gasteiger partial charge in [0.15, 0.2) is 11.0 Å². The van der Waals surface area contributed by atoms with Crippen molar-refractivity contribution in [2.75, 3.05) is 37.9 Å². The fourth-order valence-corrected chi connectivity index (χ4v) is 6.00. The number of pyridine rings is 1. The summed E-state index contributed by atoms with van der Waals surface area (Å²) in [4.78, 5) is 7.29. The van der Waals surface area contributed by atoms with Crippen LogP contribution >= 0.6 is 35.3 Å². The number of hydrogen-bond donors (Lipinski definition) is 3. The van der Waals surface area contributed by atoms with Crippen molar-refractivity contribution in [3.63, 3.8) is 0 Å². The summed E-state index contributed by atoms with van der Waals surface area (Å²) in [6, 6.07) is 1.98. The first kappa shape index (κ1) is 24.2. The van der Waals surface area contributed by atoms with Gasteiger partial charge < -0.3 is 9.64 Å². The number of thioether (sulfide) groups is 1. The molecule has 0 atom stereocenters. The smallest absolute Gasteiger partial charge is 0.285 e. The molecule has 1 spiro atoms. The van der Waals surface area contributed by atoms with E-state index in [1.165, 1.54) is 11.9 Å². The van der Waals surface area contributed by atoms with Gasteiger partial charge in [0, 0.05) is 29.6 Å². The number of nitrogens with one attached hydrogen (secondary N) is 3. The van der Waals surface area contributed by atoms with Gasteiger partial charge >= 0.3 is 0 Å². The Bertz CT molecular complexity index is 1130. The lowest BCUT2D eigenvalue weighted by molar-refractivity contribution is -0.124. The van der Waals surface area contributed by atoms with Crippen LogP contribution in [0.3, 0.4) is 0 Å². The number of piperidine rings is 1. The summed E-state index contributed by atoms with van der Waals surface area (Å²) < 4.78 is 49.4. The Kier molecular flexibility index (Phi) is 6.56. The molecule has 0 radical (unpaired) electrons. The van der Waals surface area contributed by atoms with E-state index in [4.69, 9.17) is 27.2 Å². The van der Waals surface area contributed by atoms with Crippen molar-refractivity contribution in [1.82, 2.24) is 14.1 Å². The highest BCUT2D eigenvalue weighted by Crippen LogP contribution is 2.43. The van der Waals surface area contributed by atoms with Gasteiger partial charge in [-0.25, -0.2) is 18.2 Å². The van der Waals surface area contributed by atoms with Crippen LogP contribution in [0, 0.1) is 16.2 Å². The number of aromatic nitrogens is 2. The molecular formula is C21H24ClF3N6OS2. The second-order valence-electron chi connectivity index (χ2n) is 9.20. The van der Waals surface area contributed by atoms with Gasteiger partial charge in [-0.15, -0.1) is 0 Å². The quantitative estimate of drug-likeness (QED) is 0.264. The normalized spacial score (nSPS) is 20.7. The molecule has 34 heavy (non-hydrogen) atoms. The molecule has 2 aromatic heterocycles. The van der Waals surface area contributed by atoms with Gasteiger partial charge in [-0.05, 0) is 55.5 Å². The number of fused-ring (bicyclic) bond motifs is 1. The van der Waals surface area contributed by atoms with E-state index in [1.807, 2.05) is 6.07 Å². The molecule has 2 aliphatic heterocycles. The van der Waals surface area contributed by atoms with E-state index in [0.29, 0.717) is 17.3 Å². The van der Waals surface area contributed by atoms with Gasteiger partial charge in [0.05, 0.1) is 24.4 Å². The molecule has 13 heteroatoms. The lowest BCUT2D eigenvalue weighted by atomic mass is 9.77. The zero-order valence-corrected chi connectivity index (χ0v) is 20.6. The van der Waals surface area contributed by atoms with Crippen molar-refractivity contribution in [2.45, 2.75) is 42.5 Å². The second-order valence-corrected chi connectivity index (χ2v) is 11.5.